The van der Waals surface area contributed by atoms with Gasteiger partial charge in [-0.25, -0.2) is 9.38 Å². The smallest absolute Gasteiger partial charge is 0.220 e. The number of rotatable bonds is 1. The van der Waals surface area contributed by atoms with Crippen molar-refractivity contribution in [2.75, 3.05) is 0 Å². The summed E-state index contributed by atoms with van der Waals surface area (Å²) >= 11 is 1.45. The van der Waals surface area contributed by atoms with Gasteiger partial charge in [-0.1, -0.05) is 59.9 Å². The average molecular weight is 329 g/mol. The van der Waals surface area contributed by atoms with Gasteiger partial charge in [0.1, 0.15) is 10.3 Å². The number of hydrogen-bond acceptors (Lipinski definition) is 5. The van der Waals surface area contributed by atoms with Crippen molar-refractivity contribution in [3.63, 3.8) is 0 Å². The Balaban J connectivity index is 1.92. The number of benzene rings is 2. The minimum absolute atomic E-state index is 0.362. The van der Waals surface area contributed by atoms with Crippen LogP contribution in [0.15, 0.2) is 60.7 Å². The Hall–Kier alpha value is -3.12. The summed E-state index contributed by atoms with van der Waals surface area (Å²) in [5, 5.41) is 19.1. The molecule has 5 rings (SSSR count). The second-order valence-electron chi connectivity index (χ2n) is 5.49. The number of hydrogen-bond donors (Lipinski definition) is 1. The Labute approximate surface area is 140 Å². The molecule has 0 radical (unpaired) electrons. The first-order valence-corrected chi connectivity index (χ1v) is 8.31. The zero-order valence-electron chi connectivity index (χ0n) is 12.5. The van der Waals surface area contributed by atoms with Gasteiger partial charge < -0.3 is 0 Å². The maximum absolute atomic E-state index is 8.66. The van der Waals surface area contributed by atoms with E-state index in [1.165, 1.54) is 11.3 Å². The third-order valence-electron chi connectivity index (χ3n) is 4.02. The predicted octanol–water partition coefficient (Wildman–Crippen LogP) is 3.64. The van der Waals surface area contributed by atoms with Gasteiger partial charge >= 0.3 is 0 Å². The quantitative estimate of drug-likeness (QED) is 0.477. The van der Waals surface area contributed by atoms with Crippen molar-refractivity contribution < 1.29 is 0 Å². The van der Waals surface area contributed by atoms with Crippen LogP contribution in [-0.2, 0) is 0 Å². The molecule has 1 N–H and O–H groups in total. The maximum Gasteiger partial charge on any atom is 0.220 e. The Morgan fingerprint density at radius 2 is 1.71 bits per heavy atom. The molecule has 0 saturated heterocycles. The van der Waals surface area contributed by atoms with Gasteiger partial charge in [0.2, 0.25) is 4.96 Å². The number of nitrogens with zero attached hydrogens (tertiary/aromatic N) is 4. The molecule has 0 atom stereocenters. The van der Waals surface area contributed by atoms with Crippen molar-refractivity contribution in [1.29, 1.82) is 5.41 Å². The highest BCUT2D eigenvalue weighted by molar-refractivity contribution is 7.22. The monoisotopic (exact) mass is 329 g/mol. The molecule has 0 unspecified atom stereocenters. The van der Waals surface area contributed by atoms with E-state index < -0.39 is 0 Å². The van der Waals surface area contributed by atoms with Crippen molar-refractivity contribution in [3.8, 4) is 11.4 Å². The molecule has 0 spiro atoms. The molecule has 3 heterocycles. The lowest BCUT2D eigenvalue weighted by atomic mass is 10.2. The number of fused-ring (bicyclic) bond motifs is 3. The van der Waals surface area contributed by atoms with Crippen LogP contribution >= 0.6 is 11.3 Å². The molecule has 6 heteroatoms. The van der Waals surface area contributed by atoms with Crippen LogP contribution in [0.3, 0.4) is 0 Å². The zero-order chi connectivity index (χ0) is 16.1. The van der Waals surface area contributed by atoms with Crippen LogP contribution < -0.4 is 5.49 Å². The van der Waals surface area contributed by atoms with Gasteiger partial charge in [-0.2, -0.15) is 0 Å². The molecule has 0 aliphatic carbocycles. The Morgan fingerprint density at radius 3 is 2.58 bits per heavy atom. The van der Waals surface area contributed by atoms with Crippen LogP contribution in [-0.4, -0.2) is 19.6 Å². The number of nitrogens with one attached hydrogen (secondary N) is 1. The van der Waals surface area contributed by atoms with Crippen molar-refractivity contribution >= 4 is 37.4 Å². The highest BCUT2D eigenvalue weighted by atomic mass is 32.1. The van der Waals surface area contributed by atoms with Gasteiger partial charge in [0.25, 0.3) is 0 Å². The minimum atomic E-state index is 0.362. The Morgan fingerprint density at radius 1 is 0.917 bits per heavy atom. The van der Waals surface area contributed by atoms with E-state index in [0.29, 0.717) is 16.3 Å². The van der Waals surface area contributed by atoms with Gasteiger partial charge in [-0.3, -0.25) is 5.41 Å². The zero-order valence-corrected chi connectivity index (χ0v) is 13.3. The van der Waals surface area contributed by atoms with Crippen molar-refractivity contribution in [2.45, 2.75) is 0 Å². The summed E-state index contributed by atoms with van der Waals surface area (Å²) in [6.45, 7) is 0. The third-order valence-corrected chi connectivity index (χ3v) is 4.97. The number of aromatic nitrogens is 4. The maximum atomic E-state index is 8.66. The molecule has 114 valence electrons. The lowest BCUT2D eigenvalue weighted by molar-refractivity contribution is 1.04. The van der Waals surface area contributed by atoms with E-state index in [9.17, 15) is 0 Å². The van der Waals surface area contributed by atoms with Crippen LogP contribution in [0.25, 0.3) is 37.5 Å². The summed E-state index contributed by atoms with van der Waals surface area (Å²) in [5.41, 5.74) is 2.23. The minimum Gasteiger partial charge on any atom is -0.283 e. The summed E-state index contributed by atoms with van der Waals surface area (Å²) in [4.78, 5) is 6.17. The van der Waals surface area contributed by atoms with E-state index in [2.05, 4.69) is 15.2 Å². The molecule has 5 aromatic rings. The average Bonchev–Trinajstić information content (AvgIpc) is 3.05. The van der Waals surface area contributed by atoms with E-state index in [4.69, 9.17) is 5.41 Å². The van der Waals surface area contributed by atoms with Gasteiger partial charge in [-0.05, 0) is 12.1 Å². The number of pyridine rings is 1. The molecule has 0 aliphatic heterocycles. The van der Waals surface area contributed by atoms with Crippen LogP contribution in [0.5, 0.6) is 0 Å². The lowest BCUT2D eigenvalue weighted by Gasteiger charge is -2.04. The van der Waals surface area contributed by atoms with Crippen molar-refractivity contribution in [2.24, 2.45) is 0 Å². The van der Waals surface area contributed by atoms with Gasteiger partial charge in [-0.15, -0.1) is 10.2 Å². The second kappa shape index (κ2) is 4.94. The molecule has 0 fully saturated rings. The van der Waals surface area contributed by atoms with Crippen LogP contribution in [0.2, 0.25) is 0 Å². The van der Waals surface area contributed by atoms with E-state index in [1.54, 1.807) is 4.40 Å². The molecule has 0 amide bonds. The summed E-state index contributed by atoms with van der Waals surface area (Å²) in [6.07, 6.45) is 0. The molecule has 5 nitrogen and oxygen atoms in total. The van der Waals surface area contributed by atoms with E-state index in [0.717, 1.165) is 26.7 Å². The van der Waals surface area contributed by atoms with Gasteiger partial charge in [0.15, 0.2) is 5.82 Å². The molecule has 3 aromatic heterocycles. The fraction of sp³-hybridized carbons (Fsp3) is 0. The molecule has 0 saturated carbocycles. The van der Waals surface area contributed by atoms with Crippen molar-refractivity contribution in [1.82, 2.24) is 19.6 Å². The van der Waals surface area contributed by atoms with Crippen LogP contribution in [0.4, 0.5) is 0 Å². The van der Waals surface area contributed by atoms with E-state index >= 15 is 0 Å². The van der Waals surface area contributed by atoms with Crippen LogP contribution in [0.1, 0.15) is 0 Å². The van der Waals surface area contributed by atoms with E-state index in [1.807, 2.05) is 60.7 Å². The summed E-state index contributed by atoms with van der Waals surface area (Å²) in [6, 6.07) is 19.8. The molecule has 0 aliphatic rings. The summed E-state index contributed by atoms with van der Waals surface area (Å²) < 4.78 is 1.79. The molecular formula is C18H11N5S. The Kier molecular flexibility index (Phi) is 2.74. The second-order valence-corrected chi connectivity index (χ2v) is 6.45. The summed E-state index contributed by atoms with van der Waals surface area (Å²) in [7, 11) is 0. The lowest BCUT2D eigenvalue weighted by Crippen LogP contribution is -2.13. The topological polar surface area (TPSA) is 66.9 Å². The SMILES string of the molecule is N=c1c2cc3ccccc3nc2sc2nnc(-c3ccccc3)n12. The third kappa shape index (κ3) is 1.87. The number of para-hydroxylation sites is 1. The normalized spacial score (nSPS) is 11.5. The van der Waals surface area contributed by atoms with Crippen molar-refractivity contribution in [3.05, 3.63) is 66.2 Å². The standard InChI is InChI=1S/C18H11N5S/c19-15-13-10-12-8-4-5-9-14(12)20-17(13)24-18-22-21-16(23(15)18)11-6-2-1-3-7-11/h1-10,19H. The summed E-state index contributed by atoms with van der Waals surface area (Å²) in [5.74, 6) is 0.682. The fourth-order valence-corrected chi connectivity index (χ4v) is 3.80. The first kappa shape index (κ1) is 13.3. The van der Waals surface area contributed by atoms with Crippen LogP contribution in [0, 0.1) is 5.41 Å². The molecule has 24 heavy (non-hydrogen) atoms. The Bertz CT molecular complexity index is 1270. The largest absolute Gasteiger partial charge is 0.283 e. The fourth-order valence-electron chi connectivity index (χ4n) is 2.86. The van der Waals surface area contributed by atoms with E-state index in [-0.39, 0.29) is 0 Å². The highest BCUT2D eigenvalue weighted by Gasteiger charge is 2.13. The molecule has 2 aromatic carbocycles. The highest BCUT2D eigenvalue weighted by Crippen LogP contribution is 2.24. The molecule has 0 bridgehead atoms. The van der Waals surface area contributed by atoms with Gasteiger partial charge in [0, 0.05) is 10.9 Å². The first-order valence-electron chi connectivity index (χ1n) is 7.49. The van der Waals surface area contributed by atoms with Gasteiger partial charge in [0.05, 0.1) is 10.9 Å². The molecular weight excluding hydrogens is 318 g/mol. The first-order chi connectivity index (χ1) is 11.8. The predicted molar refractivity (Wildman–Crippen MR) is 95.0 cm³/mol.